The SMILES string of the molecule is CC1(C)CNCCC1Nc1cnn(Cc2ccccc2)c1. The van der Waals surface area contributed by atoms with E-state index >= 15 is 0 Å². The van der Waals surface area contributed by atoms with Crippen LogP contribution in [0.1, 0.15) is 25.8 Å². The lowest BCUT2D eigenvalue weighted by atomic mass is 9.80. The number of nitrogens with zero attached hydrogens (tertiary/aromatic N) is 2. The quantitative estimate of drug-likeness (QED) is 0.907. The zero-order chi connectivity index (χ0) is 14.7. The zero-order valence-electron chi connectivity index (χ0n) is 12.8. The highest BCUT2D eigenvalue weighted by Gasteiger charge is 2.32. The van der Waals surface area contributed by atoms with Crippen molar-refractivity contribution >= 4 is 5.69 Å². The van der Waals surface area contributed by atoms with Crippen LogP contribution in [0.4, 0.5) is 5.69 Å². The molecule has 1 aliphatic rings. The van der Waals surface area contributed by atoms with E-state index in [2.05, 4.69) is 60.0 Å². The van der Waals surface area contributed by atoms with Gasteiger partial charge in [-0.25, -0.2) is 0 Å². The third kappa shape index (κ3) is 3.45. The molecule has 0 saturated carbocycles. The minimum absolute atomic E-state index is 0.264. The van der Waals surface area contributed by atoms with Gasteiger partial charge in [0.1, 0.15) is 0 Å². The van der Waals surface area contributed by atoms with E-state index in [0.29, 0.717) is 6.04 Å². The Morgan fingerprint density at radius 1 is 1.33 bits per heavy atom. The molecular weight excluding hydrogens is 260 g/mol. The lowest BCUT2D eigenvalue weighted by Gasteiger charge is -2.39. The molecule has 1 unspecified atom stereocenters. The van der Waals surface area contributed by atoms with Gasteiger partial charge in [0, 0.05) is 18.8 Å². The van der Waals surface area contributed by atoms with Crippen LogP contribution in [0.25, 0.3) is 0 Å². The van der Waals surface area contributed by atoms with E-state index in [0.717, 1.165) is 31.7 Å². The first-order valence-electron chi connectivity index (χ1n) is 7.67. The summed E-state index contributed by atoms with van der Waals surface area (Å²) in [7, 11) is 0. The number of aromatic nitrogens is 2. The number of nitrogens with one attached hydrogen (secondary N) is 2. The lowest BCUT2D eigenvalue weighted by Crippen LogP contribution is -2.49. The van der Waals surface area contributed by atoms with E-state index in [1.54, 1.807) is 0 Å². The summed E-state index contributed by atoms with van der Waals surface area (Å²) in [6.45, 7) is 7.58. The first-order chi connectivity index (χ1) is 10.1. The van der Waals surface area contributed by atoms with Crippen LogP contribution in [0.2, 0.25) is 0 Å². The average molecular weight is 284 g/mol. The molecule has 0 aliphatic carbocycles. The summed E-state index contributed by atoms with van der Waals surface area (Å²) in [6.07, 6.45) is 5.18. The fourth-order valence-electron chi connectivity index (χ4n) is 2.93. The molecule has 1 saturated heterocycles. The smallest absolute Gasteiger partial charge is 0.0728 e. The average Bonchev–Trinajstić information content (AvgIpc) is 2.90. The molecule has 21 heavy (non-hydrogen) atoms. The molecule has 2 N–H and O–H groups in total. The molecule has 1 aromatic carbocycles. The predicted molar refractivity (Wildman–Crippen MR) is 86.4 cm³/mol. The third-order valence-electron chi connectivity index (χ3n) is 4.30. The molecule has 1 fully saturated rings. The summed E-state index contributed by atoms with van der Waals surface area (Å²) in [6, 6.07) is 10.9. The van der Waals surface area contributed by atoms with Gasteiger partial charge in [-0.15, -0.1) is 0 Å². The topological polar surface area (TPSA) is 41.9 Å². The second-order valence-corrected chi connectivity index (χ2v) is 6.56. The zero-order valence-corrected chi connectivity index (χ0v) is 12.8. The van der Waals surface area contributed by atoms with E-state index < -0.39 is 0 Å². The Morgan fingerprint density at radius 2 is 2.14 bits per heavy atom. The molecule has 1 aromatic heterocycles. The van der Waals surface area contributed by atoms with Crippen molar-refractivity contribution in [3.05, 3.63) is 48.3 Å². The highest BCUT2D eigenvalue weighted by molar-refractivity contribution is 5.40. The van der Waals surface area contributed by atoms with Gasteiger partial charge in [0.15, 0.2) is 0 Å². The number of anilines is 1. The van der Waals surface area contributed by atoms with E-state index in [1.165, 1.54) is 5.56 Å². The molecule has 2 heterocycles. The van der Waals surface area contributed by atoms with Gasteiger partial charge in [-0.2, -0.15) is 5.10 Å². The Bertz CT molecular complexity index is 573. The number of hydrogen-bond donors (Lipinski definition) is 2. The molecule has 112 valence electrons. The van der Waals surface area contributed by atoms with Crippen molar-refractivity contribution in [3.8, 4) is 0 Å². The molecule has 0 spiro atoms. The second-order valence-electron chi connectivity index (χ2n) is 6.56. The maximum absolute atomic E-state index is 4.46. The second kappa shape index (κ2) is 5.90. The van der Waals surface area contributed by atoms with Crippen LogP contribution < -0.4 is 10.6 Å². The summed E-state index contributed by atoms with van der Waals surface area (Å²) < 4.78 is 1.99. The highest BCUT2D eigenvalue weighted by Crippen LogP contribution is 2.28. The lowest BCUT2D eigenvalue weighted by molar-refractivity contribution is 0.236. The highest BCUT2D eigenvalue weighted by atomic mass is 15.3. The van der Waals surface area contributed by atoms with Crippen molar-refractivity contribution in [2.24, 2.45) is 5.41 Å². The summed E-state index contributed by atoms with van der Waals surface area (Å²) in [5, 5.41) is 11.6. The standard InChI is InChI=1S/C17H24N4/c1-17(2)13-18-9-8-16(17)20-15-10-19-21(12-15)11-14-6-4-3-5-7-14/h3-7,10,12,16,18,20H,8-9,11,13H2,1-2H3. The molecule has 0 radical (unpaired) electrons. The van der Waals surface area contributed by atoms with E-state index in [9.17, 15) is 0 Å². The van der Waals surface area contributed by atoms with Gasteiger partial charge in [0.2, 0.25) is 0 Å². The third-order valence-corrected chi connectivity index (χ3v) is 4.30. The molecule has 0 amide bonds. The minimum atomic E-state index is 0.264. The molecular formula is C17H24N4. The maximum atomic E-state index is 4.46. The Morgan fingerprint density at radius 3 is 2.90 bits per heavy atom. The molecule has 0 bridgehead atoms. The van der Waals surface area contributed by atoms with Gasteiger partial charge in [-0.3, -0.25) is 4.68 Å². The van der Waals surface area contributed by atoms with Crippen LogP contribution in [0.3, 0.4) is 0 Å². The van der Waals surface area contributed by atoms with Gasteiger partial charge in [-0.05, 0) is 23.9 Å². The maximum Gasteiger partial charge on any atom is 0.0728 e. The van der Waals surface area contributed by atoms with Crippen molar-refractivity contribution in [2.45, 2.75) is 32.9 Å². The number of rotatable bonds is 4. The first-order valence-corrected chi connectivity index (χ1v) is 7.67. The largest absolute Gasteiger partial charge is 0.379 e. The van der Waals surface area contributed by atoms with Gasteiger partial charge < -0.3 is 10.6 Å². The first kappa shape index (κ1) is 14.1. The van der Waals surface area contributed by atoms with Crippen molar-refractivity contribution in [3.63, 3.8) is 0 Å². The predicted octanol–water partition coefficient (Wildman–Crippen LogP) is 2.73. The van der Waals surface area contributed by atoms with Crippen LogP contribution in [0.5, 0.6) is 0 Å². The normalized spacial score (nSPS) is 21.1. The van der Waals surface area contributed by atoms with Crippen molar-refractivity contribution in [1.29, 1.82) is 0 Å². The van der Waals surface area contributed by atoms with Crippen LogP contribution in [-0.4, -0.2) is 28.9 Å². The Balaban J connectivity index is 1.65. The van der Waals surface area contributed by atoms with Crippen LogP contribution >= 0.6 is 0 Å². The van der Waals surface area contributed by atoms with E-state index in [-0.39, 0.29) is 5.41 Å². The monoisotopic (exact) mass is 284 g/mol. The number of benzene rings is 1. The van der Waals surface area contributed by atoms with Crippen molar-refractivity contribution < 1.29 is 0 Å². The Hall–Kier alpha value is -1.81. The Kier molecular flexibility index (Phi) is 3.97. The van der Waals surface area contributed by atoms with Crippen molar-refractivity contribution in [1.82, 2.24) is 15.1 Å². The molecule has 2 aromatic rings. The molecule has 1 atom stereocenters. The fraction of sp³-hybridized carbons (Fsp3) is 0.471. The van der Waals surface area contributed by atoms with Crippen LogP contribution in [-0.2, 0) is 6.54 Å². The summed E-state index contributed by atoms with van der Waals surface area (Å²) in [4.78, 5) is 0. The van der Waals surface area contributed by atoms with Crippen molar-refractivity contribution in [2.75, 3.05) is 18.4 Å². The fourth-order valence-corrected chi connectivity index (χ4v) is 2.93. The van der Waals surface area contributed by atoms with Gasteiger partial charge in [0.25, 0.3) is 0 Å². The summed E-state index contributed by atoms with van der Waals surface area (Å²) in [5.41, 5.74) is 2.65. The summed E-state index contributed by atoms with van der Waals surface area (Å²) in [5.74, 6) is 0. The molecule has 1 aliphatic heterocycles. The molecule has 3 rings (SSSR count). The van der Waals surface area contributed by atoms with Gasteiger partial charge in [0.05, 0.1) is 18.4 Å². The van der Waals surface area contributed by atoms with Crippen LogP contribution in [0.15, 0.2) is 42.7 Å². The Labute approximate surface area is 126 Å². The number of hydrogen-bond acceptors (Lipinski definition) is 3. The molecule has 4 heteroatoms. The molecule has 4 nitrogen and oxygen atoms in total. The van der Waals surface area contributed by atoms with Gasteiger partial charge in [-0.1, -0.05) is 44.2 Å². The van der Waals surface area contributed by atoms with Gasteiger partial charge >= 0.3 is 0 Å². The summed E-state index contributed by atoms with van der Waals surface area (Å²) >= 11 is 0. The van der Waals surface area contributed by atoms with Crippen LogP contribution in [0, 0.1) is 5.41 Å². The minimum Gasteiger partial charge on any atom is -0.379 e. The van der Waals surface area contributed by atoms with E-state index in [1.807, 2.05) is 16.9 Å². The van der Waals surface area contributed by atoms with E-state index in [4.69, 9.17) is 0 Å². The number of piperidine rings is 1.